The normalized spacial score (nSPS) is 8.00. The number of hydrogen-bond acceptors (Lipinski definition) is 4. The molecular formula is C10H16O4. The van der Waals surface area contributed by atoms with Crippen molar-refractivity contribution in [1.29, 1.82) is 0 Å². The van der Waals surface area contributed by atoms with Gasteiger partial charge in [0.25, 0.3) is 0 Å². The second-order valence-electron chi connectivity index (χ2n) is 2.42. The molecule has 0 aromatic rings. The molecule has 0 aliphatic heterocycles. The Balaban J connectivity index is 0. The zero-order valence-electron chi connectivity index (χ0n) is 8.78. The van der Waals surface area contributed by atoms with Crippen molar-refractivity contribution >= 4 is 11.9 Å². The van der Waals surface area contributed by atoms with Crippen LogP contribution in [0, 0.1) is 0 Å². The Bertz CT molecular complexity index is 206. The minimum Gasteiger partial charge on any atom is -0.466 e. The van der Waals surface area contributed by atoms with Gasteiger partial charge in [0.1, 0.15) is 0 Å². The van der Waals surface area contributed by atoms with Crippen molar-refractivity contribution in [3.8, 4) is 0 Å². The van der Waals surface area contributed by atoms with Gasteiger partial charge in [0.05, 0.1) is 13.2 Å². The molecule has 4 heteroatoms. The zero-order valence-corrected chi connectivity index (χ0v) is 8.78. The molecule has 0 spiro atoms. The number of carbonyl (C=O) groups excluding carboxylic acids is 2. The lowest BCUT2D eigenvalue weighted by Crippen LogP contribution is -2.07. The van der Waals surface area contributed by atoms with Gasteiger partial charge in [0.15, 0.2) is 0 Å². The Hall–Kier alpha value is -1.58. The first-order chi connectivity index (χ1) is 6.47. The average Bonchev–Trinajstić information content (AvgIpc) is 2.16. The molecular weight excluding hydrogens is 184 g/mol. The Labute approximate surface area is 84.2 Å². The Morgan fingerprint density at radius 1 is 1.14 bits per heavy atom. The van der Waals surface area contributed by atoms with E-state index in [-0.39, 0.29) is 12.1 Å². The number of carbonyl (C=O) groups is 2. The molecule has 0 saturated heterocycles. The lowest BCUT2D eigenvalue weighted by atomic mass is 10.5. The van der Waals surface area contributed by atoms with E-state index in [1.807, 2.05) is 0 Å². The molecule has 0 aromatic carbocycles. The summed E-state index contributed by atoms with van der Waals surface area (Å²) >= 11 is 0. The van der Waals surface area contributed by atoms with Crippen LogP contribution in [0.4, 0.5) is 0 Å². The molecule has 0 saturated carbocycles. The van der Waals surface area contributed by atoms with Crippen LogP contribution < -0.4 is 0 Å². The predicted octanol–water partition coefficient (Wildman–Crippen LogP) is 1.47. The van der Waals surface area contributed by atoms with E-state index in [0.29, 0.717) is 0 Å². The number of esters is 2. The first-order valence-electron chi connectivity index (χ1n) is 4.01. The van der Waals surface area contributed by atoms with E-state index in [2.05, 4.69) is 22.6 Å². The van der Waals surface area contributed by atoms with Gasteiger partial charge in [-0.3, -0.25) is 0 Å². The number of ether oxygens (including phenoxy) is 2. The molecule has 0 rings (SSSR count). The Kier molecular flexibility index (Phi) is 10.1. The van der Waals surface area contributed by atoms with Crippen LogP contribution in [0.5, 0.6) is 0 Å². The highest BCUT2D eigenvalue weighted by molar-refractivity contribution is 5.81. The highest BCUT2D eigenvalue weighted by atomic mass is 16.5. The van der Waals surface area contributed by atoms with E-state index in [4.69, 9.17) is 0 Å². The van der Waals surface area contributed by atoms with Gasteiger partial charge in [-0.05, 0) is 13.8 Å². The summed E-state index contributed by atoms with van der Waals surface area (Å²) in [7, 11) is 1.31. The van der Waals surface area contributed by atoms with Crippen LogP contribution in [0.1, 0.15) is 13.8 Å². The lowest BCUT2D eigenvalue weighted by Gasteiger charge is -2.02. The Morgan fingerprint density at radius 3 is 1.64 bits per heavy atom. The van der Waals surface area contributed by atoms with Crippen molar-refractivity contribution in [3.05, 3.63) is 25.3 Å². The van der Waals surface area contributed by atoms with Gasteiger partial charge < -0.3 is 9.47 Å². The molecule has 0 atom stereocenters. The topological polar surface area (TPSA) is 52.6 Å². The fraction of sp³-hybridized carbons (Fsp3) is 0.400. The zero-order chi connectivity index (χ0) is 11.6. The first-order valence-corrected chi connectivity index (χ1v) is 4.01. The third-order valence-electron chi connectivity index (χ3n) is 0.886. The van der Waals surface area contributed by atoms with Gasteiger partial charge in [0.2, 0.25) is 0 Å². The summed E-state index contributed by atoms with van der Waals surface area (Å²) in [4.78, 5) is 20.1. The van der Waals surface area contributed by atoms with Gasteiger partial charge in [0, 0.05) is 12.2 Å². The molecule has 0 aliphatic rings. The molecule has 0 fully saturated rings. The van der Waals surface area contributed by atoms with Crippen molar-refractivity contribution in [1.82, 2.24) is 0 Å². The van der Waals surface area contributed by atoms with E-state index in [1.54, 1.807) is 13.8 Å². The minimum atomic E-state index is -0.394. The molecule has 14 heavy (non-hydrogen) atoms. The number of rotatable bonds is 3. The van der Waals surface area contributed by atoms with Crippen LogP contribution in [-0.2, 0) is 19.1 Å². The summed E-state index contributed by atoms with van der Waals surface area (Å²) in [6.07, 6.45) is 2.22. The monoisotopic (exact) mass is 200 g/mol. The van der Waals surface area contributed by atoms with Crippen molar-refractivity contribution in [2.45, 2.75) is 20.0 Å². The maximum Gasteiger partial charge on any atom is 0.330 e. The van der Waals surface area contributed by atoms with Crippen LogP contribution in [-0.4, -0.2) is 25.2 Å². The van der Waals surface area contributed by atoms with E-state index in [0.717, 1.165) is 12.2 Å². The van der Waals surface area contributed by atoms with Crippen LogP contribution >= 0.6 is 0 Å². The van der Waals surface area contributed by atoms with Crippen LogP contribution in [0.15, 0.2) is 25.3 Å². The lowest BCUT2D eigenvalue weighted by molar-refractivity contribution is -0.141. The van der Waals surface area contributed by atoms with Gasteiger partial charge >= 0.3 is 11.9 Å². The smallest absolute Gasteiger partial charge is 0.330 e. The third kappa shape index (κ3) is 13.0. The van der Waals surface area contributed by atoms with Crippen molar-refractivity contribution in [2.75, 3.05) is 7.11 Å². The number of methoxy groups -OCH3 is 1. The van der Waals surface area contributed by atoms with Gasteiger partial charge in [-0.2, -0.15) is 0 Å². The molecule has 0 aromatic heterocycles. The summed E-state index contributed by atoms with van der Waals surface area (Å²) in [5.74, 6) is -0.755. The molecule has 0 aliphatic carbocycles. The SMILES string of the molecule is C=CC(=O)OC.C=CC(=O)OC(C)C. The quantitative estimate of drug-likeness (QED) is 0.511. The van der Waals surface area contributed by atoms with E-state index in [1.165, 1.54) is 7.11 Å². The fourth-order valence-electron chi connectivity index (χ4n) is 0.364. The van der Waals surface area contributed by atoms with Crippen molar-refractivity contribution < 1.29 is 19.1 Å². The predicted molar refractivity (Wildman–Crippen MR) is 53.6 cm³/mol. The molecule has 0 heterocycles. The van der Waals surface area contributed by atoms with E-state index in [9.17, 15) is 9.59 Å². The first kappa shape index (κ1) is 14.9. The molecule has 80 valence electrons. The van der Waals surface area contributed by atoms with Crippen LogP contribution in [0.25, 0.3) is 0 Å². The molecule has 0 radical (unpaired) electrons. The largest absolute Gasteiger partial charge is 0.466 e. The highest BCUT2D eigenvalue weighted by Crippen LogP contribution is 1.87. The van der Waals surface area contributed by atoms with E-state index >= 15 is 0 Å². The van der Waals surface area contributed by atoms with Gasteiger partial charge in [-0.15, -0.1) is 0 Å². The maximum absolute atomic E-state index is 10.3. The number of hydrogen-bond donors (Lipinski definition) is 0. The minimum absolute atomic E-state index is 0.0412. The summed E-state index contributed by atoms with van der Waals surface area (Å²) < 4.78 is 8.78. The summed E-state index contributed by atoms with van der Waals surface area (Å²) in [6.45, 7) is 9.98. The summed E-state index contributed by atoms with van der Waals surface area (Å²) in [5, 5.41) is 0. The van der Waals surface area contributed by atoms with Gasteiger partial charge in [-0.25, -0.2) is 9.59 Å². The summed E-state index contributed by atoms with van der Waals surface area (Å²) in [5.41, 5.74) is 0. The van der Waals surface area contributed by atoms with Gasteiger partial charge in [-0.1, -0.05) is 13.2 Å². The second-order valence-corrected chi connectivity index (χ2v) is 2.42. The van der Waals surface area contributed by atoms with Crippen molar-refractivity contribution in [2.24, 2.45) is 0 Å². The van der Waals surface area contributed by atoms with Crippen LogP contribution in [0.2, 0.25) is 0 Å². The fourth-order valence-corrected chi connectivity index (χ4v) is 0.364. The molecule has 4 nitrogen and oxygen atoms in total. The highest BCUT2D eigenvalue weighted by Gasteiger charge is 1.96. The second kappa shape index (κ2) is 9.51. The molecule has 0 N–H and O–H groups in total. The standard InChI is InChI=1S/C6H10O2.C4H6O2/c1-4-6(7)8-5(2)3;1-3-4(5)6-2/h4-5H,1H2,2-3H3;3H,1H2,2H3. The van der Waals surface area contributed by atoms with Crippen LogP contribution in [0.3, 0.4) is 0 Å². The molecule has 0 amide bonds. The summed E-state index contributed by atoms with van der Waals surface area (Å²) in [6, 6.07) is 0. The maximum atomic E-state index is 10.3. The van der Waals surface area contributed by atoms with E-state index < -0.39 is 5.97 Å². The molecule has 0 bridgehead atoms. The average molecular weight is 200 g/mol. The Morgan fingerprint density at radius 2 is 1.57 bits per heavy atom. The third-order valence-corrected chi connectivity index (χ3v) is 0.886. The molecule has 0 unspecified atom stereocenters. The van der Waals surface area contributed by atoms with Crippen molar-refractivity contribution in [3.63, 3.8) is 0 Å².